The van der Waals surface area contributed by atoms with E-state index in [0.29, 0.717) is 11.8 Å². The van der Waals surface area contributed by atoms with Gasteiger partial charge < -0.3 is 9.84 Å². The summed E-state index contributed by atoms with van der Waals surface area (Å²) in [5.41, 5.74) is 0.984. The molecule has 2 aromatic rings. The second kappa shape index (κ2) is 5.31. The Hall–Kier alpha value is -1.68. The summed E-state index contributed by atoms with van der Waals surface area (Å²) >= 11 is 0. The number of nitrogens with zero attached hydrogens (tertiary/aromatic N) is 2. The Kier molecular flexibility index (Phi) is 3.37. The van der Waals surface area contributed by atoms with E-state index in [1.165, 1.54) is 12.8 Å². The number of aromatic nitrogens is 2. The molecule has 1 aromatic heterocycles. The van der Waals surface area contributed by atoms with Crippen LogP contribution in [0.2, 0.25) is 0 Å². The van der Waals surface area contributed by atoms with Crippen molar-refractivity contribution in [3.8, 4) is 11.5 Å². The average Bonchev–Trinajstić information content (AvgIpc) is 2.89. The fourth-order valence-corrected chi connectivity index (χ4v) is 2.39. The van der Waals surface area contributed by atoms with Crippen molar-refractivity contribution in [2.24, 2.45) is 5.92 Å². The van der Waals surface area contributed by atoms with Gasteiger partial charge in [0.1, 0.15) is 0 Å². The number of nitrogens with one attached hydrogen (secondary N) is 1. The maximum Gasteiger partial charge on any atom is 0.257 e. The minimum Gasteiger partial charge on any atom is -0.334 e. The van der Waals surface area contributed by atoms with Crippen LogP contribution in [-0.4, -0.2) is 23.2 Å². The number of hydrogen-bond donors (Lipinski definition) is 1. The first kappa shape index (κ1) is 11.4. The second-order valence-electron chi connectivity index (χ2n) is 4.80. The first-order chi connectivity index (χ1) is 8.92. The summed E-state index contributed by atoms with van der Waals surface area (Å²) in [5.74, 6) is 2.08. The molecule has 1 aliphatic heterocycles. The van der Waals surface area contributed by atoms with Crippen molar-refractivity contribution in [3.63, 3.8) is 0 Å². The van der Waals surface area contributed by atoms with E-state index >= 15 is 0 Å². The third kappa shape index (κ3) is 2.59. The largest absolute Gasteiger partial charge is 0.334 e. The van der Waals surface area contributed by atoms with Crippen LogP contribution >= 0.6 is 0 Å². The summed E-state index contributed by atoms with van der Waals surface area (Å²) in [5, 5.41) is 7.48. The van der Waals surface area contributed by atoms with Crippen LogP contribution in [0.1, 0.15) is 18.7 Å². The monoisotopic (exact) mass is 243 g/mol. The Balaban J connectivity index is 1.69. The minimum absolute atomic E-state index is 0.620. The van der Waals surface area contributed by atoms with Gasteiger partial charge in [-0.3, -0.25) is 0 Å². The van der Waals surface area contributed by atoms with Crippen molar-refractivity contribution in [2.75, 3.05) is 13.1 Å². The summed E-state index contributed by atoms with van der Waals surface area (Å²) in [6.07, 6.45) is 3.40. The highest BCUT2D eigenvalue weighted by atomic mass is 16.5. The molecule has 0 aliphatic carbocycles. The summed E-state index contributed by atoms with van der Waals surface area (Å²) in [7, 11) is 0. The molecule has 18 heavy (non-hydrogen) atoms. The molecule has 3 rings (SSSR count). The van der Waals surface area contributed by atoms with Gasteiger partial charge in [-0.2, -0.15) is 4.98 Å². The standard InChI is InChI=1S/C14H17N3O/c1-2-6-12(7-3-1)14-16-13(17-18-14)9-11-5-4-8-15-10-11/h1-3,6-7,11,15H,4-5,8-10H2/t11-/m1/s1. The molecule has 1 N–H and O–H groups in total. The van der Waals surface area contributed by atoms with Gasteiger partial charge in [0.25, 0.3) is 5.89 Å². The Morgan fingerprint density at radius 2 is 2.17 bits per heavy atom. The predicted molar refractivity (Wildman–Crippen MR) is 69.0 cm³/mol. The van der Waals surface area contributed by atoms with Gasteiger partial charge in [-0.05, 0) is 44.0 Å². The highest BCUT2D eigenvalue weighted by Gasteiger charge is 2.17. The Morgan fingerprint density at radius 1 is 1.28 bits per heavy atom. The van der Waals surface area contributed by atoms with Crippen molar-refractivity contribution in [1.82, 2.24) is 15.5 Å². The van der Waals surface area contributed by atoms with Crippen LogP contribution in [0.25, 0.3) is 11.5 Å². The van der Waals surface area contributed by atoms with Gasteiger partial charge in [-0.15, -0.1) is 0 Å². The minimum atomic E-state index is 0.620. The molecular formula is C14H17N3O. The SMILES string of the molecule is c1ccc(-c2nc(C[C@H]3CCCNC3)no2)cc1. The van der Waals surface area contributed by atoms with Crippen LogP contribution in [0.5, 0.6) is 0 Å². The summed E-state index contributed by atoms with van der Waals surface area (Å²) in [6.45, 7) is 2.20. The van der Waals surface area contributed by atoms with E-state index in [2.05, 4.69) is 15.5 Å². The molecule has 1 fully saturated rings. The third-order valence-corrected chi connectivity index (χ3v) is 3.36. The van der Waals surface area contributed by atoms with Crippen LogP contribution in [0.3, 0.4) is 0 Å². The van der Waals surface area contributed by atoms with Crippen molar-refractivity contribution < 1.29 is 4.52 Å². The summed E-state index contributed by atoms with van der Waals surface area (Å²) in [4.78, 5) is 4.47. The molecule has 1 atom stereocenters. The molecule has 1 saturated heterocycles. The molecule has 1 aliphatic rings. The highest BCUT2D eigenvalue weighted by Crippen LogP contribution is 2.19. The van der Waals surface area contributed by atoms with E-state index in [1.54, 1.807) is 0 Å². The average molecular weight is 243 g/mol. The first-order valence-electron chi connectivity index (χ1n) is 6.50. The van der Waals surface area contributed by atoms with Crippen molar-refractivity contribution in [2.45, 2.75) is 19.3 Å². The van der Waals surface area contributed by atoms with Gasteiger partial charge in [0, 0.05) is 12.0 Å². The van der Waals surface area contributed by atoms with E-state index in [-0.39, 0.29) is 0 Å². The lowest BCUT2D eigenvalue weighted by atomic mass is 9.96. The molecule has 0 bridgehead atoms. The smallest absolute Gasteiger partial charge is 0.257 e. The van der Waals surface area contributed by atoms with E-state index in [4.69, 9.17) is 4.52 Å². The summed E-state index contributed by atoms with van der Waals surface area (Å²) < 4.78 is 5.31. The van der Waals surface area contributed by atoms with Crippen LogP contribution in [0.15, 0.2) is 34.9 Å². The van der Waals surface area contributed by atoms with Crippen LogP contribution in [0, 0.1) is 5.92 Å². The maximum atomic E-state index is 5.31. The normalized spacial score (nSPS) is 19.9. The molecule has 1 aromatic carbocycles. The number of rotatable bonds is 3. The fraction of sp³-hybridized carbons (Fsp3) is 0.429. The highest BCUT2D eigenvalue weighted by molar-refractivity contribution is 5.51. The van der Waals surface area contributed by atoms with Crippen LogP contribution in [-0.2, 0) is 6.42 Å². The van der Waals surface area contributed by atoms with Gasteiger partial charge in [0.15, 0.2) is 5.82 Å². The number of hydrogen-bond acceptors (Lipinski definition) is 4. The zero-order valence-corrected chi connectivity index (χ0v) is 10.3. The molecule has 4 heteroatoms. The fourth-order valence-electron chi connectivity index (χ4n) is 2.39. The second-order valence-corrected chi connectivity index (χ2v) is 4.80. The molecule has 0 amide bonds. The van der Waals surface area contributed by atoms with Crippen LogP contribution in [0.4, 0.5) is 0 Å². The zero-order chi connectivity index (χ0) is 12.2. The van der Waals surface area contributed by atoms with Crippen molar-refractivity contribution in [1.29, 1.82) is 0 Å². The van der Waals surface area contributed by atoms with E-state index < -0.39 is 0 Å². The molecule has 0 spiro atoms. The maximum absolute atomic E-state index is 5.31. The van der Waals surface area contributed by atoms with Crippen molar-refractivity contribution >= 4 is 0 Å². The van der Waals surface area contributed by atoms with E-state index in [0.717, 1.165) is 30.9 Å². The summed E-state index contributed by atoms with van der Waals surface area (Å²) in [6, 6.07) is 9.90. The lowest BCUT2D eigenvalue weighted by Gasteiger charge is -2.20. The third-order valence-electron chi connectivity index (χ3n) is 3.36. The number of benzene rings is 1. The van der Waals surface area contributed by atoms with Gasteiger partial charge in [0.2, 0.25) is 0 Å². The lowest BCUT2D eigenvalue weighted by Crippen LogP contribution is -2.31. The molecular weight excluding hydrogens is 226 g/mol. The molecule has 0 unspecified atom stereocenters. The zero-order valence-electron chi connectivity index (χ0n) is 10.3. The quantitative estimate of drug-likeness (QED) is 0.898. The van der Waals surface area contributed by atoms with Gasteiger partial charge in [-0.1, -0.05) is 23.4 Å². The first-order valence-corrected chi connectivity index (χ1v) is 6.50. The van der Waals surface area contributed by atoms with Gasteiger partial charge in [0.05, 0.1) is 0 Å². The number of piperidine rings is 1. The molecule has 94 valence electrons. The molecule has 0 radical (unpaired) electrons. The Morgan fingerprint density at radius 3 is 2.94 bits per heavy atom. The van der Waals surface area contributed by atoms with Gasteiger partial charge in [-0.25, -0.2) is 0 Å². The predicted octanol–water partition coefficient (Wildman–Crippen LogP) is 2.28. The molecule has 4 nitrogen and oxygen atoms in total. The topological polar surface area (TPSA) is 51.0 Å². The molecule has 0 saturated carbocycles. The van der Waals surface area contributed by atoms with Gasteiger partial charge >= 0.3 is 0 Å². The van der Waals surface area contributed by atoms with Crippen molar-refractivity contribution in [3.05, 3.63) is 36.2 Å². The lowest BCUT2D eigenvalue weighted by molar-refractivity contribution is 0.360. The Bertz CT molecular complexity index is 489. The van der Waals surface area contributed by atoms with E-state index in [1.807, 2.05) is 30.3 Å². The Labute approximate surface area is 106 Å². The van der Waals surface area contributed by atoms with Crippen LogP contribution < -0.4 is 5.32 Å². The molecule has 2 heterocycles. The van der Waals surface area contributed by atoms with E-state index in [9.17, 15) is 0 Å².